The molecule has 0 aromatic rings. The number of ether oxygens (including phenoxy) is 1. The van der Waals surface area contributed by atoms with Gasteiger partial charge in [-0.2, -0.15) is 0 Å². The van der Waals surface area contributed by atoms with Crippen molar-refractivity contribution in [1.29, 1.82) is 0 Å². The largest absolute Gasteiger partial charge is 0.465 e. The Bertz CT molecular complexity index is 184. The molecule has 0 rings (SSSR count). The van der Waals surface area contributed by atoms with Gasteiger partial charge in [0.2, 0.25) is 0 Å². The number of aliphatic hydroxyl groups is 2. The number of hydrogen-bond donors (Lipinski definition) is 2. The van der Waals surface area contributed by atoms with E-state index in [4.69, 9.17) is 14.9 Å². The van der Waals surface area contributed by atoms with Crippen LogP contribution in [0.3, 0.4) is 0 Å². The van der Waals surface area contributed by atoms with Crippen molar-refractivity contribution in [2.24, 2.45) is 5.41 Å². The van der Waals surface area contributed by atoms with Crippen LogP contribution in [0.1, 0.15) is 40.0 Å². The summed E-state index contributed by atoms with van der Waals surface area (Å²) in [6, 6.07) is 0. The van der Waals surface area contributed by atoms with E-state index in [9.17, 15) is 4.79 Å². The van der Waals surface area contributed by atoms with E-state index in [2.05, 4.69) is 0 Å². The van der Waals surface area contributed by atoms with Crippen LogP contribution >= 0.6 is 0 Å². The van der Waals surface area contributed by atoms with Crippen molar-refractivity contribution in [3.8, 4) is 0 Å². The van der Waals surface area contributed by atoms with Gasteiger partial charge in [-0.3, -0.25) is 4.79 Å². The summed E-state index contributed by atoms with van der Waals surface area (Å²) in [7, 11) is 0. The van der Waals surface area contributed by atoms with Gasteiger partial charge in [-0.15, -0.1) is 0 Å². The van der Waals surface area contributed by atoms with Crippen LogP contribution < -0.4 is 0 Å². The number of carbonyl (C=O) groups is 1. The maximum atomic E-state index is 11.3. The van der Waals surface area contributed by atoms with Crippen LogP contribution in [-0.2, 0) is 9.53 Å². The van der Waals surface area contributed by atoms with Gasteiger partial charge in [0, 0.05) is 0 Å². The predicted octanol–water partition coefficient (Wildman–Crippen LogP) is 1.10. The molecule has 0 heterocycles. The van der Waals surface area contributed by atoms with E-state index in [1.54, 1.807) is 0 Å². The lowest BCUT2D eigenvalue weighted by molar-refractivity contribution is -0.153. The van der Waals surface area contributed by atoms with Gasteiger partial charge in [-0.1, -0.05) is 0 Å². The predicted molar refractivity (Wildman–Crippen MR) is 57.4 cm³/mol. The Kier molecular flexibility index (Phi) is 6.52. The highest BCUT2D eigenvalue weighted by Crippen LogP contribution is 2.15. The molecular formula is C11H22O4. The summed E-state index contributed by atoms with van der Waals surface area (Å²) in [6.07, 6.45) is 1.37. The summed E-state index contributed by atoms with van der Waals surface area (Å²) >= 11 is 0. The molecule has 0 fully saturated rings. The summed E-state index contributed by atoms with van der Waals surface area (Å²) < 4.78 is 5.04. The molecule has 0 aromatic heterocycles. The van der Waals surface area contributed by atoms with Crippen molar-refractivity contribution >= 4 is 5.97 Å². The fourth-order valence-electron chi connectivity index (χ4n) is 0.955. The van der Waals surface area contributed by atoms with E-state index in [1.165, 1.54) is 0 Å². The summed E-state index contributed by atoms with van der Waals surface area (Å²) in [5.74, 6) is -0.204. The van der Waals surface area contributed by atoms with Crippen LogP contribution in [0.2, 0.25) is 0 Å². The molecule has 1 atom stereocenters. The molecule has 15 heavy (non-hydrogen) atoms. The highest BCUT2D eigenvalue weighted by atomic mass is 16.5. The van der Waals surface area contributed by atoms with Crippen LogP contribution in [0.5, 0.6) is 0 Å². The number of hydrogen-bond acceptors (Lipinski definition) is 4. The molecular weight excluding hydrogens is 196 g/mol. The molecule has 0 amide bonds. The van der Waals surface area contributed by atoms with Gasteiger partial charge in [-0.05, 0) is 40.0 Å². The minimum Gasteiger partial charge on any atom is -0.465 e. The van der Waals surface area contributed by atoms with Crippen molar-refractivity contribution in [2.45, 2.75) is 46.1 Å². The fourth-order valence-corrected chi connectivity index (χ4v) is 0.955. The monoisotopic (exact) mass is 218 g/mol. The lowest BCUT2D eigenvalue weighted by Crippen LogP contribution is -2.23. The van der Waals surface area contributed by atoms with Crippen LogP contribution in [0.15, 0.2) is 0 Å². The molecule has 0 aliphatic carbocycles. The molecule has 0 bridgehead atoms. The number of unbranched alkanes of at least 4 members (excludes halogenated alkanes) is 1. The van der Waals surface area contributed by atoms with Crippen LogP contribution in [0, 0.1) is 5.41 Å². The van der Waals surface area contributed by atoms with Gasteiger partial charge in [-0.25, -0.2) is 0 Å². The maximum Gasteiger partial charge on any atom is 0.311 e. The van der Waals surface area contributed by atoms with Crippen molar-refractivity contribution < 1.29 is 19.7 Å². The molecule has 0 aliphatic heterocycles. The van der Waals surface area contributed by atoms with E-state index in [1.807, 2.05) is 20.8 Å². The average Bonchev–Trinajstić information content (AvgIpc) is 2.15. The third-order valence-electron chi connectivity index (χ3n) is 1.99. The third kappa shape index (κ3) is 7.33. The first-order valence-corrected chi connectivity index (χ1v) is 5.34. The lowest BCUT2D eigenvalue weighted by atomic mass is 9.97. The summed E-state index contributed by atoms with van der Waals surface area (Å²) in [6.45, 7) is 5.61. The molecule has 0 saturated heterocycles. The second kappa shape index (κ2) is 6.80. The van der Waals surface area contributed by atoms with Crippen LogP contribution in [0.4, 0.5) is 0 Å². The normalized spacial score (nSPS) is 13.7. The molecule has 0 aromatic carbocycles. The van der Waals surface area contributed by atoms with E-state index in [0.29, 0.717) is 13.0 Å². The van der Waals surface area contributed by atoms with E-state index >= 15 is 0 Å². The second-order valence-corrected chi connectivity index (χ2v) is 4.72. The zero-order chi connectivity index (χ0) is 11.9. The van der Waals surface area contributed by atoms with Crippen molar-refractivity contribution in [1.82, 2.24) is 0 Å². The Morgan fingerprint density at radius 2 is 1.93 bits per heavy atom. The van der Waals surface area contributed by atoms with Gasteiger partial charge >= 0.3 is 5.97 Å². The Balaban J connectivity index is 3.44. The summed E-state index contributed by atoms with van der Waals surface area (Å²) in [5.41, 5.74) is -0.454. The molecule has 4 heteroatoms. The van der Waals surface area contributed by atoms with E-state index in [0.717, 1.165) is 12.8 Å². The first kappa shape index (κ1) is 14.4. The molecule has 0 unspecified atom stereocenters. The van der Waals surface area contributed by atoms with Gasteiger partial charge in [0.25, 0.3) is 0 Å². The first-order valence-electron chi connectivity index (χ1n) is 5.34. The molecule has 4 nitrogen and oxygen atoms in total. The highest BCUT2D eigenvalue weighted by Gasteiger charge is 2.22. The third-order valence-corrected chi connectivity index (χ3v) is 1.99. The zero-order valence-corrected chi connectivity index (χ0v) is 9.82. The summed E-state index contributed by atoms with van der Waals surface area (Å²) in [5, 5.41) is 17.6. The van der Waals surface area contributed by atoms with Gasteiger partial charge < -0.3 is 14.9 Å². The standard InChI is InChI=1S/C11H22O4/c1-11(2,3)10(14)15-7-5-4-6-9(13)8-12/h9,12-13H,4-8H2,1-3H3/t9-/m0/s1. The Labute approximate surface area is 91.3 Å². The van der Waals surface area contributed by atoms with E-state index in [-0.39, 0.29) is 12.6 Å². The number of esters is 1. The zero-order valence-electron chi connectivity index (χ0n) is 9.82. The Hall–Kier alpha value is -0.610. The molecule has 0 aliphatic rings. The van der Waals surface area contributed by atoms with Gasteiger partial charge in [0.1, 0.15) is 0 Å². The maximum absolute atomic E-state index is 11.3. The topological polar surface area (TPSA) is 66.8 Å². The lowest BCUT2D eigenvalue weighted by Gasteiger charge is -2.16. The highest BCUT2D eigenvalue weighted by molar-refractivity contribution is 5.75. The van der Waals surface area contributed by atoms with Crippen molar-refractivity contribution in [3.63, 3.8) is 0 Å². The molecule has 2 N–H and O–H groups in total. The smallest absolute Gasteiger partial charge is 0.311 e. The molecule has 0 radical (unpaired) electrons. The van der Waals surface area contributed by atoms with Crippen LogP contribution in [0.25, 0.3) is 0 Å². The summed E-state index contributed by atoms with van der Waals surface area (Å²) in [4.78, 5) is 11.3. The van der Waals surface area contributed by atoms with E-state index < -0.39 is 11.5 Å². The quantitative estimate of drug-likeness (QED) is 0.517. The molecule has 90 valence electrons. The number of carbonyl (C=O) groups excluding carboxylic acids is 1. The molecule has 0 saturated carbocycles. The first-order chi connectivity index (χ1) is 6.88. The fraction of sp³-hybridized carbons (Fsp3) is 0.909. The van der Waals surface area contributed by atoms with Gasteiger partial charge in [0.15, 0.2) is 0 Å². The van der Waals surface area contributed by atoms with Crippen LogP contribution in [-0.4, -0.2) is 35.5 Å². The minimum absolute atomic E-state index is 0.204. The Morgan fingerprint density at radius 3 is 2.40 bits per heavy atom. The minimum atomic E-state index is -0.650. The average molecular weight is 218 g/mol. The number of rotatable bonds is 6. The molecule has 0 spiro atoms. The second-order valence-electron chi connectivity index (χ2n) is 4.72. The van der Waals surface area contributed by atoms with Gasteiger partial charge in [0.05, 0.1) is 24.7 Å². The SMILES string of the molecule is CC(C)(C)C(=O)OCCCC[C@H](O)CO. The van der Waals surface area contributed by atoms with Crippen molar-refractivity contribution in [2.75, 3.05) is 13.2 Å². The Morgan fingerprint density at radius 1 is 1.33 bits per heavy atom. The van der Waals surface area contributed by atoms with Crippen molar-refractivity contribution in [3.05, 3.63) is 0 Å². The number of aliphatic hydroxyl groups excluding tert-OH is 2.